The van der Waals surface area contributed by atoms with E-state index < -0.39 is 11.1 Å². The molecule has 1 aliphatic heterocycles. The Bertz CT molecular complexity index is 911. The van der Waals surface area contributed by atoms with E-state index in [-0.39, 0.29) is 18.5 Å². The Morgan fingerprint density at radius 3 is 2.48 bits per heavy atom. The molecule has 1 N–H and O–H groups in total. The number of anilines is 2. The van der Waals surface area contributed by atoms with Gasteiger partial charge in [0, 0.05) is 24.8 Å². The minimum atomic E-state index is -0.784. The first kappa shape index (κ1) is 16.9. The lowest BCUT2D eigenvalue weighted by Gasteiger charge is -2.18. The Morgan fingerprint density at radius 2 is 1.84 bits per heavy atom. The molecule has 0 aliphatic carbocycles. The van der Waals surface area contributed by atoms with Crippen LogP contribution in [0.2, 0.25) is 0 Å². The zero-order chi connectivity index (χ0) is 18.1. The van der Waals surface area contributed by atoms with Crippen molar-refractivity contribution >= 4 is 17.5 Å². The van der Waals surface area contributed by atoms with Crippen LogP contribution in [0.15, 0.2) is 33.9 Å². The fourth-order valence-corrected chi connectivity index (χ4v) is 2.81. The summed E-state index contributed by atoms with van der Waals surface area (Å²) < 4.78 is 2.30. The summed E-state index contributed by atoms with van der Waals surface area (Å²) in [5, 5.41) is 6.97. The van der Waals surface area contributed by atoms with Crippen molar-refractivity contribution in [2.45, 2.75) is 39.9 Å². The van der Waals surface area contributed by atoms with Crippen molar-refractivity contribution in [3.05, 3.63) is 50.5 Å². The Labute approximate surface area is 144 Å². The first-order valence-electron chi connectivity index (χ1n) is 8.22. The molecular formula is C17H21N5O3. The molecule has 2 heterocycles. The smallest absolute Gasteiger partial charge is 0.333 e. The van der Waals surface area contributed by atoms with Gasteiger partial charge in [0.2, 0.25) is 11.9 Å². The lowest BCUT2D eigenvalue weighted by Crippen LogP contribution is -2.45. The summed E-state index contributed by atoms with van der Waals surface area (Å²) in [5.74, 6) is 0.0274. The SMILES string of the molecule is Cc1ccc(N2CCn3c2nn(CC(=O)NC(C)C)c(=O)c3=O)cc1. The number of nitrogens with zero attached hydrogens (tertiary/aromatic N) is 4. The van der Waals surface area contributed by atoms with Crippen LogP contribution < -0.4 is 21.3 Å². The van der Waals surface area contributed by atoms with Crippen molar-refractivity contribution in [2.75, 3.05) is 11.4 Å². The maximum Gasteiger partial charge on any atom is 0.333 e. The van der Waals surface area contributed by atoms with Gasteiger partial charge in [-0.25, -0.2) is 4.68 Å². The van der Waals surface area contributed by atoms with E-state index >= 15 is 0 Å². The van der Waals surface area contributed by atoms with Crippen molar-refractivity contribution in [3.63, 3.8) is 0 Å². The third kappa shape index (κ3) is 3.33. The van der Waals surface area contributed by atoms with Crippen molar-refractivity contribution in [2.24, 2.45) is 0 Å². The number of amides is 1. The topological polar surface area (TPSA) is 89.2 Å². The van der Waals surface area contributed by atoms with Crippen molar-refractivity contribution in [3.8, 4) is 0 Å². The average molecular weight is 343 g/mol. The summed E-state index contributed by atoms with van der Waals surface area (Å²) in [4.78, 5) is 38.4. The van der Waals surface area contributed by atoms with Gasteiger partial charge < -0.3 is 10.2 Å². The van der Waals surface area contributed by atoms with Crippen molar-refractivity contribution in [1.29, 1.82) is 0 Å². The summed E-state index contributed by atoms with van der Waals surface area (Å²) in [5.41, 5.74) is 0.578. The maximum absolute atomic E-state index is 12.3. The van der Waals surface area contributed by atoms with Gasteiger partial charge >= 0.3 is 11.1 Å². The molecule has 8 heteroatoms. The fourth-order valence-electron chi connectivity index (χ4n) is 2.81. The van der Waals surface area contributed by atoms with E-state index in [2.05, 4.69) is 10.4 Å². The van der Waals surface area contributed by atoms with Crippen LogP contribution in [0.3, 0.4) is 0 Å². The van der Waals surface area contributed by atoms with Gasteiger partial charge in [-0.05, 0) is 32.9 Å². The van der Waals surface area contributed by atoms with E-state index in [1.807, 2.05) is 49.9 Å². The molecule has 1 aromatic carbocycles. The van der Waals surface area contributed by atoms with Gasteiger partial charge in [-0.3, -0.25) is 19.0 Å². The number of aryl methyl sites for hydroxylation is 1. The molecule has 3 rings (SSSR count). The lowest BCUT2D eigenvalue weighted by atomic mass is 10.2. The molecule has 132 valence electrons. The Balaban J connectivity index is 1.99. The van der Waals surface area contributed by atoms with Gasteiger partial charge in [0.15, 0.2) is 0 Å². The quantitative estimate of drug-likeness (QED) is 0.811. The number of carbonyl (C=O) groups is 1. The van der Waals surface area contributed by atoms with Gasteiger partial charge in [0.25, 0.3) is 0 Å². The van der Waals surface area contributed by atoms with Crippen LogP contribution >= 0.6 is 0 Å². The summed E-state index contributed by atoms with van der Waals surface area (Å²) in [6.07, 6.45) is 0. The van der Waals surface area contributed by atoms with E-state index in [1.54, 1.807) is 0 Å². The minimum Gasteiger partial charge on any atom is -0.352 e. The molecule has 0 radical (unpaired) electrons. The normalized spacial score (nSPS) is 13.2. The highest BCUT2D eigenvalue weighted by atomic mass is 16.2. The number of rotatable bonds is 4. The predicted molar refractivity (Wildman–Crippen MR) is 94.2 cm³/mol. The van der Waals surface area contributed by atoms with Gasteiger partial charge in [-0.1, -0.05) is 17.7 Å². The van der Waals surface area contributed by atoms with Gasteiger partial charge in [-0.15, -0.1) is 5.10 Å². The highest BCUT2D eigenvalue weighted by Gasteiger charge is 2.26. The number of nitrogens with one attached hydrogen (secondary N) is 1. The van der Waals surface area contributed by atoms with E-state index in [9.17, 15) is 14.4 Å². The number of hydrogen-bond acceptors (Lipinski definition) is 5. The highest BCUT2D eigenvalue weighted by Crippen LogP contribution is 2.26. The Hall–Kier alpha value is -2.90. The Kier molecular flexibility index (Phi) is 4.43. The fraction of sp³-hybridized carbons (Fsp3) is 0.412. The van der Waals surface area contributed by atoms with Crippen LogP contribution in [-0.4, -0.2) is 32.8 Å². The number of benzene rings is 1. The summed E-state index contributed by atoms with van der Waals surface area (Å²) in [7, 11) is 0. The third-order valence-electron chi connectivity index (χ3n) is 3.99. The molecule has 25 heavy (non-hydrogen) atoms. The lowest BCUT2D eigenvalue weighted by molar-refractivity contribution is -0.122. The van der Waals surface area contributed by atoms with E-state index in [0.717, 1.165) is 15.9 Å². The van der Waals surface area contributed by atoms with Gasteiger partial charge in [-0.2, -0.15) is 0 Å². The first-order valence-corrected chi connectivity index (χ1v) is 8.22. The third-order valence-corrected chi connectivity index (χ3v) is 3.99. The second-order valence-corrected chi connectivity index (χ2v) is 6.43. The van der Waals surface area contributed by atoms with Crippen LogP contribution in [0.1, 0.15) is 19.4 Å². The largest absolute Gasteiger partial charge is 0.352 e. The molecule has 1 aromatic heterocycles. The number of carbonyl (C=O) groups excluding carboxylic acids is 1. The minimum absolute atomic E-state index is 0.0530. The Morgan fingerprint density at radius 1 is 1.16 bits per heavy atom. The standard InChI is InChI=1S/C17H21N5O3/c1-11(2)18-14(23)10-22-16(25)15(24)21-9-8-20(17(21)19-22)13-6-4-12(3)5-7-13/h4-7,11H,8-10H2,1-3H3,(H,18,23). The molecule has 1 aliphatic rings. The van der Waals surface area contributed by atoms with Crippen LogP contribution in [0.4, 0.5) is 11.6 Å². The molecule has 0 saturated carbocycles. The van der Waals surface area contributed by atoms with Crippen LogP contribution in [-0.2, 0) is 17.9 Å². The van der Waals surface area contributed by atoms with Crippen LogP contribution in [0.25, 0.3) is 0 Å². The van der Waals surface area contributed by atoms with Crippen molar-refractivity contribution in [1.82, 2.24) is 19.7 Å². The molecule has 0 saturated heterocycles. The molecule has 0 unspecified atom stereocenters. The average Bonchev–Trinajstić information content (AvgIpc) is 2.96. The summed E-state index contributed by atoms with van der Waals surface area (Å²) in [6.45, 7) is 6.31. The zero-order valence-corrected chi connectivity index (χ0v) is 14.5. The van der Waals surface area contributed by atoms with Gasteiger partial charge in [0.05, 0.1) is 0 Å². The number of fused-ring (bicyclic) bond motifs is 1. The van der Waals surface area contributed by atoms with Crippen molar-refractivity contribution < 1.29 is 4.79 Å². The van der Waals surface area contributed by atoms with E-state index in [1.165, 1.54) is 4.57 Å². The molecule has 1 amide bonds. The molecule has 8 nitrogen and oxygen atoms in total. The van der Waals surface area contributed by atoms with Gasteiger partial charge in [0.1, 0.15) is 6.54 Å². The molecule has 0 bridgehead atoms. The maximum atomic E-state index is 12.3. The summed E-state index contributed by atoms with van der Waals surface area (Å²) in [6, 6.07) is 7.78. The second-order valence-electron chi connectivity index (χ2n) is 6.43. The van der Waals surface area contributed by atoms with Crippen LogP contribution in [0, 0.1) is 6.92 Å². The van der Waals surface area contributed by atoms with E-state index in [0.29, 0.717) is 19.0 Å². The van der Waals surface area contributed by atoms with E-state index in [4.69, 9.17) is 0 Å². The molecule has 0 fully saturated rings. The zero-order valence-electron chi connectivity index (χ0n) is 14.5. The second kappa shape index (κ2) is 6.54. The summed E-state index contributed by atoms with van der Waals surface area (Å²) >= 11 is 0. The molecule has 2 aromatic rings. The monoisotopic (exact) mass is 343 g/mol. The molecule has 0 atom stereocenters. The molecular weight excluding hydrogens is 322 g/mol. The number of aromatic nitrogens is 3. The molecule has 0 spiro atoms. The first-order chi connectivity index (χ1) is 11.9. The highest BCUT2D eigenvalue weighted by molar-refractivity contribution is 5.75. The number of hydrogen-bond donors (Lipinski definition) is 1. The van der Waals surface area contributed by atoms with Crippen LogP contribution in [0.5, 0.6) is 0 Å². The predicted octanol–water partition coefficient (Wildman–Crippen LogP) is 0.390.